The zero-order valence-corrected chi connectivity index (χ0v) is 24.3. The molecule has 40 heavy (non-hydrogen) atoms. The predicted molar refractivity (Wildman–Crippen MR) is 169 cm³/mol. The smallest absolute Gasteiger partial charge is 0.147 e. The summed E-state index contributed by atoms with van der Waals surface area (Å²) in [5.41, 5.74) is 0.929. The Hall–Kier alpha value is -3.64. The van der Waals surface area contributed by atoms with Crippen molar-refractivity contribution in [3.05, 3.63) is 151 Å². The molecule has 0 saturated heterocycles. The zero-order chi connectivity index (χ0) is 27.7. The van der Waals surface area contributed by atoms with E-state index in [1.165, 1.54) is 0 Å². The molecule has 0 aliphatic rings. The summed E-state index contributed by atoms with van der Waals surface area (Å²) in [6, 6.07) is 47.0. The van der Waals surface area contributed by atoms with Gasteiger partial charge in [-0.25, -0.2) is 0 Å². The van der Waals surface area contributed by atoms with Gasteiger partial charge in [0, 0.05) is 39.1 Å². The largest absolute Gasteiger partial charge is 0.493 e. The van der Waals surface area contributed by atoms with Crippen LogP contribution in [0, 0.1) is 0 Å². The van der Waals surface area contributed by atoms with Crippen LogP contribution in [-0.2, 0) is 15.3 Å². The molecule has 0 amide bonds. The van der Waals surface area contributed by atoms with Crippen LogP contribution in [0.5, 0.6) is 5.75 Å². The Morgan fingerprint density at radius 1 is 0.450 bits per heavy atom. The SMILES string of the molecule is O=P(CCCCOc1ccccc1CP(=O)(c1ccccc1)c1ccccc1)(c1ccccc1)c1ccccc1. The normalized spacial score (nSPS) is 11.7. The summed E-state index contributed by atoms with van der Waals surface area (Å²) in [6.07, 6.45) is 2.51. The van der Waals surface area contributed by atoms with Crippen LogP contribution in [-0.4, -0.2) is 12.8 Å². The molecular formula is C35H34O3P2. The van der Waals surface area contributed by atoms with Gasteiger partial charge in [0.25, 0.3) is 0 Å². The Morgan fingerprint density at radius 2 is 0.850 bits per heavy atom. The van der Waals surface area contributed by atoms with E-state index in [4.69, 9.17) is 4.74 Å². The summed E-state index contributed by atoms with van der Waals surface area (Å²) < 4.78 is 35.1. The van der Waals surface area contributed by atoms with Gasteiger partial charge in [0.1, 0.15) is 20.0 Å². The van der Waals surface area contributed by atoms with E-state index in [-0.39, 0.29) is 0 Å². The van der Waals surface area contributed by atoms with Gasteiger partial charge in [-0.15, -0.1) is 0 Å². The topological polar surface area (TPSA) is 43.4 Å². The molecule has 0 unspecified atom stereocenters. The number of ether oxygens (including phenoxy) is 1. The minimum atomic E-state index is -2.92. The van der Waals surface area contributed by atoms with E-state index in [0.717, 1.165) is 45.4 Å². The third-order valence-electron chi connectivity index (χ3n) is 7.18. The van der Waals surface area contributed by atoms with Gasteiger partial charge in [0.05, 0.1) is 6.61 Å². The molecule has 0 spiro atoms. The minimum Gasteiger partial charge on any atom is -0.493 e. The molecular weight excluding hydrogens is 530 g/mol. The highest BCUT2D eigenvalue weighted by Crippen LogP contribution is 2.48. The first-order chi connectivity index (χ1) is 19.6. The lowest BCUT2D eigenvalue weighted by Gasteiger charge is -2.21. The summed E-state index contributed by atoms with van der Waals surface area (Å²) in [4.78, 5) is 0. The van der Waals surface area contributed by atoms with Gasteiger partial charge in [-0.3, -0.25) is 0 Å². The van der Waals surface area contributed by atoms with Crippen molar-refractivity contribution in [2.24, 2.45) is 0 Å². The van der Waals surface area contributed by atoms with E-state index in [2.05, 4.69) is 0 Å². The fraction of sp³-hybridized carbons (Fsp3) is 0.143. The summed E-state index contributed by atoms with van der Waals surface area (Å²) in [5, 5.41) is 3.47. The second kappa shape index (κ2) is 13.1. The molecule has 0 bridgehead atoms. The standard InChI is InChI=1S/C35H34O3P2/c36-39(31-18-5-1-6-19-31,32-20-7-2-8-21-32)28-16-15-27-38-35-26-14-13-17-30(35)29-40(37,33-22-9-3-10-23-33)34-24-11-4-12-25-34/h1-14,17-26H,15-16,27-29H2. The molecule has 0 N–H and O–H groups in total. The van der Waals surface area contributed by atoms with Crippen molar-refractivity contribution in [1.29, 1.82) is 0 Å². The monoisotopic (exact) mass is 564 g/mol. The van der Waals surface area contributed by atoms with Crippen LogP contribution in [0.1, 0.15) is 18.4 Å². The second-order valence-electron chi connectivity index (χ2n) is 9.87. The molecule has 0 heterocycles. The van der Waals surface area contributed by atoms with Gasteiger partial charge in [0.2, 0.25) is 0 Å². The molecule has 5 aromatic rings. The minimum absolute atomic E-state index is 0.383. The summed E-state index contributed by atoms with van der Waals surface area (Å²) >= 11 is 0. The summed E-state index contributed by atoms with van der Waals surface area (Å²) in [7, 11) is -5.66. The van der Waals surface area contributed by atoms with Gasteiger partial charge in [-0.05, 0) is 18.9 Å². The quantitative estimate of drug-likeness (QED) is 0.117. The lowest BCUT2D eigenvalue weighted by Crippen LogP contribution is -2.19. The third-order valence-corrected chi connectivity index (χ3v) is 13.4. The molecule has 0 atom stereocenters. The van der Waals surface area contributed by atoms with Crippen LogP contribution in [0.15, 0.2) is 146 Å². The van der Waals surface area contributed by atoms with E-state index in [9.17, 15) is 9.13 Å². The molecule has 0 radical (unpaired) electrons. The second-order valence-corrected chi connectivity index (χ2v) is 15.7. The number of hydrogen-bond acceptors (Lipinski definition) is 3. The number of hydrogen-bond donors (Lipinski definition) is 0. The van der Waals surface area contributed by atoms with E-state index in [1.807, 2.05) is 146 Å². The highest BCUT2D eigenvalue weighted by Gasteiger charge is 2.29. The molecule has 5 rings (SSSR count). The van der Waals surface area contributed by atoms with Gasteiger partial charge in [0.15, 0.2) is 0 Å². The number of unbranched alkanes of at least 4 members (excludes halogenated alkanes) is 1. The number of para-hydroxylation sites is 1. The third kappa shape index (κ3) is 6.39. The Bertz CT molecular complexity index is 1500. The Balaban J connectivity index is 1.29. The molecule has 0 fully saturated rings. The Kier molecular flexibility index (Phi) is 9.17. The molecule has 0 saturated carbocycles. The highest BCUT2D eigenvalue weighted by atomic mass is 31.2. The van der Waals surface area contributed by atoms with E-state index >= 15 is 0 Å². The lowest BCUT2D eigenvalue weighted by molar-refractivity contribution is 0.307. The van der Waals surface area contributed by atoms with E-state index < -0.39 is 14.3 Å². The van der Waals surface area contributed by atoms with Gasteiger partial charge < -0.3 is 13.9 Å². The first-order valence-electron chi connectivity index (χ1n) is 13.7. The van der Waals surface area contributed by atoms with Crippen molar-refractivity contribution in [1.82, 2.24) is 0 Å². The lowest BCUT2D eigenvalue weighted by atomic mass is 10.2. The number of benzene rings is 5. The first kappa shape index (κ1) is 27.9. The summed E-state index contributed by atoms with van der Waals surface area (Å²) in [5.74, 6) is 0.754. The van der Waals surface area contributed by atoms with Crippen LogP contribution in [0.2, 0.25) is 0 Å². The van der Waals surface area contributed by atoms with Crippen molar-refractivity contribution < 1.29 is 13.9 Å². The molecule has 5 heteroatoms. The van der Waals surface area contributed by atoms with E-state index in [1.54, 1.807) is 0 Å². The first-order valence-corrected chi connectivity index (χ1v) is 17.5. The average molecular weight is 565 g/mol. The predicted octanol–water partition coefficient (Wildman–Crippen LogP) is 7.37. The van der Waals surface area contributed by atoms with Gasteiger partial charge in [-0.2, -0.15) is 0 Å². The van der Waals surface area contributed by atoms with E-state index in [0.29, 0.717) is 18.9 Å². The molecule has 0 aromatic heterocycles. The molecule has 0 aliphatic carbocycles. The Morgan fingerprint density at radius 3 is 1.32 bits per heavy atom. The fourth-order valence-corrected chi connectivity index (χ4v) is 10.6. The maximum absolute atomic E-state index is 14.6. The van der Waals surface area contributed by atoms with Crippen LogP contribution in [0.4, 0.5) is 0 Å². The van der Waals surface area contributed by atoms with Crippen molar-refractivity contribution in [2.75, 3.05) is 12.8 Å². The maximum Gasteiger partial charge on any atom is 0.147 e. The molecule has 3 nitrogen and oxygen atoms in total. The van der Waals surface area contributed by atoms with Crippen molar-refractivity contribution >= 4 is 35.5 Å². The van der Waals surface area contributed by atoms with Crippen LogP contribution >= 0.6 is 14.3 Å². The van der Waals surface area contributed by atoms with Gasteiger partial charge >= 0.3 is 0 Å². The van der Waals surface area contributed by atoms with Crippen LogP contribution in [0.25, 0.3) is 0 Å². The maximum atomic E-state index is 14.6. The zero-order valence-electron chi connectivity index (χ0n) is 22.5. The molecule has 202 valence electrons. The molecule has 0 aliphatic heterocycles. The van der Waals surface area contributed by atoms with Crippen molar-refractivity contribution in [3.8, 4) is 5.75 Å². The fourth-order valence-electron chi connectivity index (χ4n) is 5.05. The van der Waals surface area contributed by atoms with Crippen LogP contribution in [0.3, 0.4) is 0 Å². The average Bonchev–Trinajstić information content (AvgIpc) is 3.03. The Labute approximate surface area is 237 Å². The van der Waals surface area contributed by atoms with Crippen molar-refractivity contribution in [2.45, 2.75) is 19.0 Å². The summed E-state index contributed by atoms with van der Waals surface area (Å²) in [6.45, 7) is 0.502. The highest BCUT2D eigenvalue weighted by molar-refractivity contribution is 7.78. The van der Waals surface area contributed by atoms with Gasteiger partial charge in [-0.1, -0.05) is 140 Å². The van der Waals surface area contributed by atoms with Crippen LogP contribution < -0.4 is 26.0 Å². The van der Waals surface area contributed by atoms with Crippen molar-refractivity contribution in [3.63, 3.8) is 0 Å². The molecule has 5 aromatic carbocycles. The number of rotatable bonds is 12.